The zero-order chi connectivity index (χ0) is 19.1. The average molecular weight is 366 g/mol. The lowest BCUT2D eigenvalue weighted by molar-refractivity contribution is -0.153. The molecule has 0 aliphatic rings. The van der Waals surface area contributed by atoms with Crippen molar-refractivity contribution in [3.8, 4) is 11.5 Å². The number of hydrogen-bond acceptors (Lipinski definition) is 7. The van der Waals surface area contributed by atoms with Gasteiger partial charge in [-0.1, -0.05) is 29.4 Å². The minimum absolute atomic E-state index is 0.0206. The molecule has 27 heavy (non-hydrogen) atoms. The largest absolute Gasteiger partial charge is 0.453 e. The summed E-state index contributed by atoms with van der Waals surface area (Å²) in [4.78, 5) is 32.3. The first-order chi connectivity index (χ1) is 13.1. The summed E-state index contributed by atoms with van der Waals surface area (Å²) >= 11 is 0. The van der Waals surface area contributed by atoms with Gasteiger partial charge in [-0.25, -0.2) is 0 Å². The van der Waals surface area contributed by atoms with Crippen molar-refractivity contribution in [2.75, 3.05) is 5.32 Å². The topological polar surface area (TPSA) is 107 Å². The minimum atomic E-state index is -0.913. The number of esters is 1. The highest BCUT2D eigenvalue weighted by molar-refractivity contribution is 5.95. The number of pyridine rings is 1. The van der Waals surface area contributed by atoms with Gasteiger partial charge in [0.25, 0.3) is 5.91 Å². The Labute approximate surface area is 155 Å². The molecule has 0 radical (unpaired) electrons. The smallest absolute Gasteiger partial charge is 0.307 e. The highest BCUT2D eigenvalue weighted by Crippen LogP contribution is 2.13. The van der Waals surface area contributed by atoms with Crippen LogP contribution in [0.5, 0.6) is 0 Å². The molecule has 1 aromatic carbocycles. The molecule has 2 aromatic heterocycles. The van der Waals surface area contributed by atoms with Crippen molar-refractivity contribution in [3.63, 3.8) is 0 Å². The minimum Gasteiger partial charge on any atom is -0.453 e. The summed E-state index contributed by atoms with van der Waals surface area (Å²) in [5.74, 6) is -0.267. The van der Waals surface area contributed by atoms with E-state index in [2.05, 4.69) is 20.4 Å². The van der Waals surface area contributed by atoms with Crippen LogP contribution in [0.15, 0.2) is 59.3 Å². The number of para-hydroxylation sites is 1. The van der Waals surface area contributed by atoms with E-state index in [1.807, 2.05) is 12.1 Å². The maximum atomic E-state index is 12.0. The van der Waals surface area contributed by atoms with E-state index in [-0.39, 0.29) is 12.8 Å². The van der Waals surface area contributed by atoms with Crippen LogP contribution in [0.3, 0.4) is 0 Å². The third kappa shape index (κ3) is 5.21. The Balaban J connectivity index is 1.47. The molecule has 3 aromatic rings. The molecule has 138 valence electrons. The first-order valence-corrected chi connectivity index (χ1v) is 8.41. The van der Waals surface area contributed by atoms with Crippen LogP contribution in [0.1, 0.15) is 19.2 Å². The molecule has 8 nitrogen and oxygen atoms in total. The summed E-state index contributed by atoms with van der Waals surface area (Å²) in [5.41, 5.74) is 1.22. The fourth-order valence-electron chi connectivity index (χ4n) is 2.24. The predicted octanol–water partition coefficient (Wildman–Crippen LogP) is 2.63. The van der Waals surface area contributed by atoms with E-state index in [4.69, 9.17) is 9.26 Å². The number of aromatic nitrogens is 3. The first kappa shape index (κ1) is 18.2. The number of carbonyl (C=O) groups is 2. The summed E-state index contributed by atoms with van der Waals surface area (Å²) in [7, 11) is 0. The number of aryl methyl sites for hydroxylation is 1. The van der Waals surface area contributed by atoms with Gasteiger partial charge in [0, 0.05) is 18.3 Å². The van der Waals surface area contributed by atoms with Crippen molar-refractivity contribution < 1.29 is 18.8 Å². The number of hydrogen-bond donors (Lipinski definition) is 1. The van der Waals surface area contributed by atoms with Gasteiger partial charge in [-0.3, -0.25) is 14.6 Å². The summed E-state index contributed by atoms with van der Waals surface area (Å²) in [5, 5.41) is 6.51. The van der Waals surface area contributed by atoms with Crippen LogP contribution in [-0.2, 0) is 20.7 Å². The summed E-state index contributed by atoms with van der Waals surface area (Å²) < 4.78 is 10.3. The Hall–Kier alpha value is -3.55. The second-order valence-electron chi connectivity index (χ2n) is 5.71. The number of carbonyl (C=O) groups excluding carboxylic acids is 2. The molecule has 1 amide bonds. The van der Waals surface area contributed by atoms with Gasteiger partial charge < -0.3 is 14.6 Å². The van der Waals surface area contributed by atoms with Crippen LogP contribution >= 0.6 is 0 Å². The number of anilines is 1. The van der Waals surface area contributed by atoms with Gasteiger partial charge in [0.15, 0.2) is 6.10 Å². The monoisotopic (exact) mass is 366 g/mol. The Bertz CT molecular complexity index is 896. The average Bonchev–Trinajstić information content (AvgIpc) is 3.17. The van der Waals surface area contributed by atoms with E-state index in [1.54, 1.807) is 42.6 Å². The second kappa shape index (κ2) is 8.70. The van der Waals surface area contributed by atoms with Crippen molar-refractivity contribution in [1.82, 2.24) is 15.1 Å². The zero-order valence-electron chi connectivity index (χ0n) is 14.7. The molecule has 0 saturated heterocycles. The van der Waals surface area contributed by atoms with Gasteiger partial charge in [0.05, 0.1) is 6.42 Å². The quantitative estimate of drug-likeness (QED) is 0.640. The maximum absolute atomic E-state index is 12.0. The van der Waals surface area contributed by atoms with Crippen molar-refractivity contribution >= 4 is 17.6 Å². The molecule has 0 aliphatic carbocycles. The van der Waals surface area contributed by atoms with Crippen LogP contribution in [0.2, 0.25) is 0 Å². The van der Waals surface area contributed by atoms with Crippen LogP contribution < -0.4 is 5.32 Å². The van der Waals surface area contributed by atoms with Gasteiger partial charge >= 0.3 is 5.97 Å². The van der Waals surface area contributed by atoms with Gasteiger partial charge in [-0.15, -0.1) is 0 Å². The molecule has 0 fully saturated rings. The van der Waals surface area contributed by atoms with Gasteiger partial charge in [-0.05, 0) is 31.2 Å². The predicted molar refractivity (Wildman–Crippen MR) is 96.5 cm³/mol. The van der Waals surface area contributed by atoms with Crippen molar-refractivity contribution in [1.29, 1.82) is 0 Å². The van der Waals surface area contributed by atoms with E-state index in [0.29, 0.717) is 23.1 Å². The number of amides is 1. The van der Waals surface area contributed by atoms with E-state index in [1.165, 1.54) is 6.92 Å². The fourth-order valence-corrected chi connectivity index (χ4v) is 2.24. The fraction of sp³-hybridized carbons (Fsp3) is 0.211. The molecule has 3 rings (SSSR count). The molecule has 0 spiro atoms. The maximum Gasteiger partial charge on any atom is 0.307 e. The number of benzene rings is 1. The summed E-state index contributed by atoms with van der Waals surface area (Å²) in [6, 6.07) is 14.3. The van der Waals surface area contributed by atoms with Crippen molar-refractivity contribution in [2.24, 2.45) is 0 Å². The van der Waals surface area contributed by atoms with E-state index >= 15 is 0 Å². The number of nitrogens with zero attached hydrogens (tertiary/aromatic N) is 3. The SMILES string of the molecule is CC(OC(=O)CCc1nc(-c2ccccn2)no1)C(=O)Nc1ccccc1. The van der Waals surface area contributed by atoms with Gasteiger partial charge in [0.2, 0.25) is 11.7 Å². The van der Waals surface area contributed by atoms with Gasteiger partial charge in [0.1, 0.15) is 5.69 Å². The zero-order valence-corrected chi connectivity index (χ0v) is 14.7. The van der Waals surface area contributed by atoms with Crippen LogP contribution in [-0.4, -0.2) is 33.1 Å². The third-order valence-corrected chi connectivity index (χ3v) is 3.62. The van der Waals surface area contributed by atoms with Crippen molar-refractivity contribution in [2.45, 2.75) is 25.9 Å². The molecule has 0 saturated carbocycles. The molecule has 2 heterocycles. The lowest BCUT2D eigenvalue weighted by Crippen LogP contribution is -2.30. The van der Waals surface area contributed by atoms with Gasteiger partial charge in [-0.2, -0.15) is 4.98 Å². The van der Waals surface area contributed by atoms with E-state index < -0.39 is 18.0 Å². The molecule has 1 atom stereocenters. The Morgan fingerprint density at radius 3 is 2.67 bits per heavy atom. The highest BCUT2D eigenvalue weighted by Gasteiger charge is 2.19. The molecule has 8 heteroatoms. The molecule has 1 unspecified atom stereocenters. The van der Waals surface area contributed by atoms with E-state index in [0.717, 1.165) is 0 Å². The third-order valence-electron chi connectivity index (χ3n) is 3.62. The number of ether oxygens (including phenoxy) is 1. The number of nitrogens with one attached hydrogen (secondary N) is 1. The molecule has 0 bridgehead atoms. The van der Waals surface area contributed by atoms with Crippen molar-refractivity contribution in [3.05, 3.63) is 60.6 Å². The second-order valence-corrected chi connectivity index (χ2v) is 5.71. The van der Waals surface area contributed by atoms with E-state index in [9.17, 15) is 9.59 Å². The highest BCUT2D eigenvalue weighted by atomic mass is 16.5. The van der Waals surface area contributed by atoms with Crippen LogP contribution in [0.25, 0.3) is 11.5 Å². The standard InChI is InChI=1S/C19H18N4O4/c1-13(19(25)21-14-7-3-2-4-8-14)26-17(24)11-10-16-22-18(23-27-16)15-9-5-6-12-20-15/h2-9,12-13H,10-11H2,1H3,(H,21,25). The molecular weight excluding hydrogens is 348 g/mol. The lowest BCUT2D eigenvalue weighted by atomic mass is 10.3. The molecular formula is C19H18N4O4. The lowest BCUT2D eigenvalue weighted by Gasteiger charge is -2.13. The first-order valence-electron chi connectivity index (χ1n) is 8.41. The van der Waals surface area contributed by atoms with Crippen LogP contribution in [0, 0.1) is 0 Å². The summed E-state index contributed by atoms with van der Waals surface area (Å²) in [6.45, 7) is 1.52. The number of rotatable bonds is 7. The van der Waals surface area contributed by atoms with Crippen LogP contribution in [0.4, 0.5) is 5.69 Å². The molecule has 0 aliphatic heterocycles. The Morgan fingerprint density at radius 2 is 1.93 bits per heavy atom. The normalized spacial score (nSPS) is 11.6. The summed E-state index contributed by atoms with van der Waals surface area (Å²) in [6.07, 6.45) is 0.952. The Kier molecular flexibility index (Phi) is 5.88. The Morgan fingerprint density at radius 1 is 1.15 bits per heavy atom. The molecule has 1 N–H and O–H groups in total.